The van der Waals surface area contributed by atoms with Crippen LogP contribution in [0, 0.1) is 11.6 Å². The summed E-state index contributed by atoms with van der Waals surface area (Å²) in [7, 11) is 1.88. The lowest BCUT2D eigenvalue weighted by Crippen LogP contribution is -2.07. The second kappa shape index (κ2) is 8.90. The van der Waals surface area contributed by atoms with Crippen molar-refractivity contribution in [2.75, 3.05) is 0 Å². The Morgan fingerprint density at radius 3 is 2.44 bits per heavy atom. The van der Waals surface area contributed by atoms with E-state index in [9.17, 15) is 13.6 Å². The summed E-state index contributed by atoms with van der Waals surface area (Å²) in [6, 6.07) is 13.8. The maximum atomic E-state index is 14.9. The lowest BCUT2D eigenvalue weighted by atomic mass is 10.0. The second-order valence-corrected chi connectivity index (χ2v) is 8.06. The number of halogens is 2. The first-order valence-corrected chi connectivity index (χ1v) is 10.6. The second-order valence-electron chi connectivity index (χ2n) is 8.06. The summed E-state index contributed by atoms with van der Waals surface area (Å²) in [6.07, 6.45) is 7.25. The van der Waals surface area contributed by atoms with Crippen LogP contribution in [0.5, 0.6) is 11.5 Å². The van der Waals surface area contributed by atoms with E-state index >= 15 is 0 Å². The topological polar surface area (TPSA) is 61.4 Å². The smallest absolute Gasteiger partial charge is 0.166 e. The lowest BCUT2D eigenvalue weighted by Gasteiger charge is -2.11. The maximum absolute atomic E-state index is 14.9. The molecular weight excluding hydrogens is 438 g/mol. The Balaban J connectivity index is 1.35. The number of aryl methyl sites for hydroxylation is 1. The van der Waals surface area contributed by atoms with Gasteiger partial charge < -0.3 is 9.30 Å². The number of carbonyl (C=O) groups is 1. The van der Waals surface area contributed by atoms with Crippen molar-refractivity contribution in [2.24, 2.45) is 7.05 Å². The monoisotopic (exact) mass is 458 g/mol. The highest BCUT2D eigenvalue weighted by molar-refractivity contribution is 5.83. The summed E-state index contributed by atoms with van der Waals surface area (Å²) < 4.78 is 37.3. The molecule has 0 N–H and O–H groups in total. The van der Waals surface area contributed by atoms with E-state index < -0.39 is 5.82 Å². The van der Waals surface area contributed by atoms with E-state index in [0.717, 1.165) is 11.3 Å². The molecule has 6 nitrogen and oxygen atoms in total. The standard InChI is InChI=1S/C26H20F2N4O2/c1-31-15-23(29-16-31)19-13-26(24-8-9-30-32(24)14-19)34-25-7-4-18(12-22(25)28)11-21(33)10-17-2-5-20(27)6-3-17/h2-9,12-16H,10-11H2,1H3. The first-order valence-electron chi connectivity index (χ1n) is 10.6. The average molecular weight is 458 g/mol. The molecule has 170 valence electrons. The highest BCUT2D eigenvalue weighted by atomic mass is 19.1. The molecule has 0 aliphatic carbocycles. The number of rotatable bonds is 7. The molecule has 5 aromatic rings. The Morgan fingerprint density at radius 2 is 1.71 bits per heavy atom. The summed E-state index contributed by atoms with van der Waals surface area (Å²) in [6.45, 7) is 0. The molecule has 0 fully saturated rings. The van der Waals surface area contributed by atoms with Crippen molar-refractivity contribution >= 4 is 11.3 Å². The predicted octanol–water partition coefficient (Wildman–Crippen LogP) is 5.16. The molecule has 0 unspecified atom stereocenters. The van der Waals surface area contributed by atoms with Crippen LogP contribution in [0.25, 0.3) is 16.8 Å². The molecule has 5 rings (SSSR count). The number of pyridine rings is 1. The summed E-state index contributed by atoms with van der Waals surface area (Å²) in [5.41, 5.74) is 3.44. The minimum atomic E-state index is -0.576. The number of hydrogen-bond acceptors (Lipinski definition) is 4. The highest BCUT2D eigenvalue weighted by Crippen LogP contribution is 2.32. The van der Waals surface area contributed by atoms with E-state index in [0.29, 0.717) is 22.4 Å². The fourth-order valence-electron chi connectivity index (χ4n) is 3.76. The first kappa shape index (κ1) is 21.5. The van der Waals surface area contributed by atoms with E-state index in [2.05, 4.69) is 10.1 Å². The summed E-state index contributed by atoms with van der Waals surface area (Å²) in [4.78, 5) is 16.7. The van der Waals surface area contributed by atoms with E-state index in [1.165, 1.54) is 24.3 Å². The summed E-state index contributed by atoms with van der Waals surface area (Å²) in [5, 5.41) is 4.27. The Labute approximate surface area is 194 Å². The van der Waals surface area contributed by atoms with E-state index in [1.807, 2.05) is 24.0 Å². The van der Waals surface area contributed by atoms with Gasteiger partial charge in [0.05, 0.1) is 18.2 Å². The van der Waals surface area contributed by atoms with Gasteiger partial charge in [0.25, 0.3) is 0 Å². The molecule has 3 heterocycles. The first-order chi connectivity index (χ1) is 16.4. The van der Waals surface area contributed by atoms with Crippen molar-refractivity contribution in [2.45, 2.75) is 12.8 Å². The van der Waals surface area contributed by atoms with Crippen LogP contribution in [0.1, 0.15) is 11.1 Å². The number of fused-ring (bicyclic) bond motifs is 1. The molecular formula is C26H20F2N4O2. The quantitative estimate of drug-likeness (QED) is 0.338. The normalized spacial score (nSPS) is 11.1. The van der Waals surface area contributed by atoms with Crippen LogP contribution in [0.2, 0.25) is 0 Å². The van der Waals surface area contributed by atoms with Gasteiger partial charge in [-0.25, -0.2) is 18.3 Å². The number of hydrogen-bond donors (Lipinski definition) is 0. The van der Waals surface area contributed by atoms with Crippen LogP contribution in [-0.2, 0) is 24.7 Å². The van der Waals surface area contributed by atoms with Crippen molar-refractivity contribution in [3.05, 3.63) is 102 Å². The van der Waals surface area contributed by atoms with Crippen LogP contribution >= 0.6 is 0 Å². The minimum Gasteiger partial charge on any atom is -0.452 e. The third-order valence-corrected chi connectivity index (χ3v) is 5.40. The maximum Gasteiger partial charge on any atom is 0.166 e. The molecule has 0 saturated carbocycles. The number of benzene rings is 2. The zero-order chi connectivity index (χ0) is 23.7. The highest BCUT2D eigenvalue weighted by Gasteiger charge is 2.14. The van der Waals surface area contributed by atoms with Crippen molar-refractivity contribution in [3.8, 4) is 22.8 Å². The molecule has 8 heteroatoms. The number of ether oxygens (including phenoxy) is 1. The molecule has 3 aromatic heterocycles. The van der Waals surface area contributed by atoms with Crippen LogP contribution in [0.3, 0.4) is 0 Å². The molecule has 0 saturated heterocycles. The zero-order valence-corrected chi connectivity index (χ0v) is 18.3. The SMILES string of the molecule is Cn1cnc(-c2cc(Oc3ccc(CC(=O)Cc4ccc(F)cc4)cc3F)c3ccnn3c2)c1. The van der Waals surface area contributed by atoms with Gasteiger partial charge in [-0.05, 0) is 47.5 Å². The van der Waals surface area contributed by atoms with Crippen LogP contribution < -0.4 is 4.74 Å². The molecule has 0 radical (unpaired) electrons. The average Bonchev–Trinajstić information content (AvgIpc) is 3.46. The Hall–Kier alpha value is -4.33. The fourth-order valence-corrected chi connectivity index (χ4v) is 3.76. The number of ketones is 1. The van der Waals surface area contributed by atoms with Crippen LogP contribution in [0.15, 0.2) is 79.5 Å². The molecule has 0 amide bonds. The van der Waals surface area contributed by atoms with Crippen LogP contribution in [0.4, 0.5) is 8.78 Å². The molecule has 0 spiro atoms. The lowest BCUT2D eigenvalue weighted by molar-refractivity contribution is -0.117. The predicted molar refractivity (Wildman–Crippen MR) is 123 cm³/mol. The Morgan fingerprint density at radius 1 is 0.941 bits per heavy atom. The van der Waals surface area contributed by atoms with Gasteiger partial charge in [0, 0.05) is 37.8 Å². The molecule has 0 aliphatic heterocycles. The third kappa shape index (κ3) is 4.56. The zero-order valence-electron chi connectivity index (χ0n) is 18.3. The van der Waals surface area contributed by atoms with Gasteiger partial charge in [-0.15, -0.1) is 0 Å². The summed E-state index contributed by atoms with van der Waals surface area (Å²) in [5.74, 6) is -0.556. The number of nitrogens with zero attached hydrogens (tertiary/aromatic N) is 4. The number of carbonyl (C=O) groups excluding carboxylic acids is 1. The van der Waals surface area contributed by atoms with E-state index in [-0.39, 0.29) is 30.2 Å². The largest absolute Gasteiger partial charge is 0.452 e. The summed E-state index contributed by atoms with van der Waals surface area (Å²) >= 11 is 0. The number of aromatic nitrogens is 4. The van der Waals surface area contributed by atoms with Gasteiger partial charge >= 0.3 is 0 Å². The fraction of sp³-hybridized carbons (Fsp3) is 0.115. The van der Waals surface area contributed by atoms with Crippen molar-refractivity contribution in [1.29, 1.82) is 0 Å². The van der Waals surface area contributed by atoms with E-state index in [1.54, 1.807) is 47.4 Å². The molecule has 0 aliphatic rings. The van der Waals surface area contributed by atoms with Gasteiger partial charge in [0.1, 0.15) is 17.1 Å². The van der Waals surface area contributed by atoms with Crippen molar-refractivity contribution < 1.29 is 18.3 Å². The van der Waals surface area contributed by atoms with Gasteiger partial charge in [-0.1, -0.05) is 18.2 Å². The third-order valence-electron chi connectivity index (χ3n) is 5.40. The van der Waals surface area contributed by atoms with Gasteiger partial charge in [-0.3, -0.25) is 4.79 Å². The molecule has 34 heavy (non-hydrogen) atoms. The van der Waals surface area contributed by atoms with Gasteiger partial charge in [-0.2, -0.15) is 5.10 Å². The number of imidazole rings is 1. The minimum absolute atomic E-state index is 0.0380. The van der Waals surface area contributed by atoms with E-state index in [4.69, 9.17) is 4.74 Å². The molecule has 2 aromatic carbocycles. The van der Waals surface area contributed by atoms with Crippen LogP contribution in [-0.4, -0.2) is 24.9 Å². The van der Waals surface area contributed by atoms with Crippen molar-refractivity contribution in [3.63, 3.8) is 0 Å². The molecule has 0 bridgehead atoms. The number of Topliss-reactive ketones (excluding diaryl/α,β-unsaturated/α-hetero) is 1. The Kier molecular flexibility index (Phi) is 5.63. The van der Waals surface area contributed by atoms with Gasteiger partial charge in [0.15, 0.2) is 17.3 Å². The Bertz CT molecular complexity index is 1490. The van der Waals surface area contributed by atoms with Crippen molar-refractivity contribution in [1.82, 2.24) is 19.2 Å². The van der Waals surface area contributed by atoms with Gasteiger partial charge in [0.2, 0.25) is 0 Å². The molecule has 0 atom stereocenters.